The second-order valence-corrected chi connectivity index (χ2v) is 12.8. The van der Waals surface area contributed by atoms with Crippen molar-refractivity contribution in [3.05, 3.63) is 128 Å². The van der Waals surface area contributed by atoms with Crippen LogP contribution in [0, 0.1) is 16.0 Å². The van der Waals surface area contributed by atoms with Crippen molar-refractivity contribution in [2.24, 2.45) is 5.92 Å². The Hall–Kier alpha value is -4.05. The largest absolute Gasteiger partial charge is 0.465 e. The van der Waals surface area contributed by atoms with Crippen molar-refractivity contribution in [3.63, 3.8) is 0 Å². The van der Waals surface area contributed by atoms with Crippen LogP contribution in [0.1, 0.15) is 50.2 Å². The van der Waals surface area contributed by atoms with Gasteiger partial charge in [-0.15, -0.1) is 23.4 Å². The van der Waals surface area contributed by atoms with Crippen molar-refractivity contribution in [2.45, 2.75) is 33.9 Å². The number of carbonyl (C=O) groups is 2. The molecule has 1 heterocycles. The normalized spacial score (nSPS) is 21.8. The van der Waals surface area contributed by atoms with Crippen LogP contribution >= 0.6 is 35.0 Å². The number of hydrogen-bond donors (Lipinski definition) is 1. The maximum Gasteiger partial charge on any atom is 0.343 e. The maximum atomic E-state index is 13.4. The highest BCUT2D eigenvalue weighted by Gasteiger charge is 2.50. The van der Waals surface area contributed by atoms with Crippen molar-refractivity contribution < 1.29 is 24.0 Å². The monoisotopic (exact) mass is 648 g/mol. The highest BCUT2D eigenvalue weighted by molar-refractivity contribution is 8.00. The number of benzene rings is 4. The number of alkyl halides is 1. The minimum absolute atomic E-state index is 0.0118. The summed E-state index contributed by atoms with van der Waals surface area (Å²) in [6, 6.07) is 25.9. The zero-order valence-corrected chi connectivity index (χ0v) is 25.6. The number of halogens is 2. The Morgan fingerprint density at radius 3 is 2.45 bits per heavy atom. The second kappa shape index (κ2) is 12.5. The molecule has 6 rings (SSSR count). The molecule has 1 fully saturated rings. The molecule has 0 radical (unpaired) electrons. The average Bonchev–Trinajstić information content (AvgIpc) is 3.36. The molecule has 11 heteroatoms. The van der Waals surface area contributed by atoms with Gasteiger partial charge in [-0.25, -0.2) is 9.59 Å². The van der Waals surface area contributed by atoms with Gasteiger partial charge in [0.2, 0.25) is 0 Å². The molecule has 2 aliphatic rings. The van der Waals surface area contributed by atoms with Gasteiger partial charge >= 0.3 is 11.9 Å². The van der Waals surface area contributed by atoms with Gasteiger partial charge in [0.15, 0.2) is 0 Å². The summed E-state index contributed by atoms with van der Waals surface area (Å²) in [5.41, 5.74) is 3.22. The van der Waals surface area contributed by atoms with Crippen LogP contribution in [0.5, 0.6) is 5.75 Å². The number of nitro groups is 1. The quantitative estimate of drug-likeness (QED) is 0.0701. The first-order valence-electron chi connectivity index (χ1n) is 13.8. The van der Waals surface area contributed by atoms with Crippen LogP contribution in [0.25, 0.3) is 0 Å². The van der Waals surface area contributed by atoms with E-state index in [1.54, 1.807) is 42.5 Å². The Kier molecular flexibility index (Phi) is 8.53. The summed E-state index contributed by atoms with van der Waals surface area (Å²) in [5.74, 6) is -1.31. The van der Waals surface area contributed by atoms with Crippen LogP contribution in [0.4, 0.5) is 11.4 Å². The lowest BCUT2D eigenvalue weighted by Crippen LogP contribution is -2.31. The summed E-state index contributed by atoms with van der Waals surface area (Å²) in [6.07, 6.45) is 0.677. The van der Waals surface area contributed by atoms with E-state index >= 15 is 0 Å². The Labute approximate surface area is 267 Å². The van der Waals surface area contributed by atoms with Gasteiger partial charge in [-0.2, -0.15) is 0 Å². The molecule has 8 nitrogen and oxygen atoms in total. The predicted octanol–water partition coefficient (Wildman–Crippen LogP) is 8.29. The third kappa shape index (κ3) is 5.75. The van der Waals surface area contributed by atoms with E-state index in [0.29, 0.717) is 21.9 Å². The van der Waals surface area contributed by atoms with Gasteiger partial charge in [-0.1, -0.05) is 48.0 Å². The van der Waals surface area contributed by atoms with Gasteiger partial charge < -0.3 is 14.8 Å². The molecular weight excluding hydrogens is 623 g/mol. The lowest BCUT2D eigenvalue weighted by molar-refractivity contribution is -0.387. The van der Waals surface area contributed by atoms with Crippen molar-refractivity contribution in [1.82, 2.24) is 0 Å². The number of anilines is 1. The molecule has 5 atom stereocenters. The smallest absolute Gasteiger partial charge is 0.343 e. The number of thioether (sulfide) groups is 1. The number of fused-ring (bicyclic) bond motifs is 3. The average molecular weight is 650 g/mol. The summed E-state index contributed by atoms with van der Waals surface area (Å²) in [5, 5.41) is 15.5. The third-order valence-corrected chi connectivity index (χ3v) is 10.5. The second-order valence-electron chi connectivity index (χ2n) is 10.6. The summed E-state index contributed by atoms with van der Waals surface area (Å²) < 4.78 is 10.5. The van der Waals surface area contributed by atoms with E-state index in [1.165, 1.54) is 37.1 Å². The molecule has 44 heavy (non-hydrogen) atoms. The molecule has 0 amide bonds. The van der Waals surface area contributed by atoms with E-state index < -0.39 is 17.3 Å². The van der Waals surface area contributed by atoms with Crippen LogP contribution in [-0.4, -0.2) is 34.6 Å². The fourth-order valence-electron chi connectivity index (χ4n) is 6.11. The SMILES string of the molecule is COC(=O)c1ccccc1OC(=O)c1ccc2c(c1)[C@@H]1[C@H](Cl)[C@H](Sc3ccccc3[N+](=O)[O-])C[C@@H]1[C@H](c1ccc(Cl)cc1)N2. The number of rotatable bonds is 7. The number of ether oxygens (including phenoxy) is 2. The van der Waals surface area contributed by atoms with Crippen molar-refractivity contribution in [3.8, 4) is 5.75 Å². The van der Waals surface area contributed by atoms with Crippen LogP contribution in [0.3, 0.4) is 0 Å². The number of methoxy groups -OCH3 is 1. The van der Waals surface area contributed by atoms with Crippen LogP contribution in [0.15, 0.2) is 95.9 Å². The van der Waals surface area contributed by atoms with Gasteiger partial charge in [0.25, 0.3) is 5.69 Å². The Bertz CT molecular complexity index is 1750. The molecule has 4 aromatic carbocycles. The number of para-hydroxylation sites is 2. The molecule has 0 unspecified atom stereocenters. The molecule has 1 aliphatic heterocycles. The van der Waals surface area contributed by atoms with Crippen molar-refractivity contribution in [2.75, 3.05) is 12.4 Å². The Morgan fingerprint density at radius 2 is 1.70 bits per heavy atom. The molecule has 4 aromatic rings. The Morgan fingerprint density at radius 1 is 0.977 bits per heavy atom. The minimum atomic E-state index is -0.629. The molecule has 0 saturated heterocycles. The van der Waals surface area contributed by atoms with E-state index in [1.807, 2.05) is 30.3 Å². The molecule has 0 bridgehead atoms. The van der Waals surface area contributed by atoms with E-state index in [9.17, 15) is 19.7 Å². The highest BCUT2D eigenvalue weighted by Crippen LogP contribution is 2.58. The van der Waals surface area contributed by atoms with E-state index in [4.69, 9.17) is 32.7 Å². The lowest BCUT2D eigenvalue weighted by Gasteiger charge is -2.38. The van der Waals surface area contributed by atoms with Crippen molar-refractivity contribution >= 4 is 58.3 Å². The molecule has 1 N–H and O–H groups in total. The molecular formula is C33H26Cl2N2O6S. The number of nitrogens with one attached hydrogen (secondary N) is 1. The summed E-state index contributed by atoms with van der Waals surface area (Å²) in [6.45, 7) is 0. The van der Waals surface area contributed by atoms with E-state index in [0.717, 1.165) is 16.8 Å². The first kappa shape index (κ1) is 30.0. The third-order valence-electron chi connectivity index (χ3n) is 8.11. The van der Waals surface area contributed by atoms with E-state index in [-0.39, 0.29) is 45.1 Å². The minimum Gasteiger partial charge on any atom is -0.465 e. The molecule has 0 aromatic heterocycles. The molecule has 1 aliphatic carbocycles. The Balaban J connectivity index is 1.35. The van der Waals surface area contributed by atoms with Crippen LogP contribution in [0.2, 0.25) is 5.02 Å². The zero-order valence-electron chi connectivity index (χ0n) is 23.3. The molecule has 0 spiro atoms. The summed E-state index contributed by atoms with van der Waals surface area (Å²) >= 11 is 14.9. The first-order chi connectivity index (χ1) is 21.2. The number of esters is 2. The fourth-order valence-corrected chi connectivity index (χ4v) is 8.18. The number of hydrogen-bond acceptors (Lipinski definition) is 8. The standard InChI is InChI=1S/C33H26Cl2N2O6S/c1-42-33(39)21-6-2-4-8-26(21)43-32(38)19-12-15-24-22(16-19)29-23(31(36-24)18-10-13-20(34)14-11-18)17-28(30(29)35)44-27-9-5-3-7-25(27)37(40)41/h2-16,23,28-31,36H,17H2,1H3/t23-,28+,29-,30+,31-/m0/s1. The first-order valence-corrected chi connectivity index (χ1v) is 15.5. The number of nitro benzene ring substituents is 1. The number of nitrogens with zero attached hydrogens (tertiary/aromatic N) is 1. The topological polar surface area (TPSA) is 108 Å². The van der Waals surface area contributed by atoms with Crippen molar-refractivity contribution in [1.29, 1.82) is 0 Å². The van der Waals surface area contributed by atoms with Crippen LogP contribution < -0.4 is 10.1 Å². The summed E-state index contributed by atoms with van der Waals surface area (Å²) in [7, 11) is 1.26. The van der Waals surface area contributed by atoms with Crippen LogP contribution in [-0.2, 0) is 4.74 Å². The van der Waals surface area contributed by atoms with Gasteiger partial charge in [0, 0.05) is 27.9 Å². The van der Waals surface area contributed by atoms with E-state index in [2.05, 4.69) is 5.32 Å². The zero-order chi connectivity index (χ0) is 31.0. The lowest BCUT2D eigenvalue weighted by atomic mass is 9.77. The van der Waals surface area contributed by atoms with Gasteiger partial charge in [-0.3, -0.25) is 10.1 Å². The van der Waals surface area contributed by atoms with Gasteiger partial charge in [0.1, 0.15) is 11.3 Å². The maximum absolute atomic E-state index is 13.4. The van der Waals surface area contributed by atoms with Gasteiger partial charge in [-0.05, 0) is 72.0 Å². The predicted molar refractivity (Wildman–Crippen MR) is 170 cm³/mol. The summed E-state index contributed by atoms with van der Waals surface area (Å²) in [4.78, 5) is 37.5. The number of carbonyl (C=O) groups excluding carboxylic acids is 2. The highest BCUT2D eigenvalue weighted by atomic mass is 35.5. The van der Waals surface area contributed by atoms with Gasteiger partial charge in [0.05, 0.1) is 33.9 Å². The molecule has 224 valence electrons. The fraction of sp³-hybridized carbons (Fsp3) is 0.212. The molecule has 1 saturated carbocycles.